The van der Waals surface area contributed by atoms with Crippen LogP contribution in [0.3, 0.4) is 0 Å². The van der Waals surface area contributed by atoms with Crippen LogP contribution in [0.15, 0.2) is 16.5 Å². The Balaban J connectivity index is 2.33. The maximum Gasteiger partial charge on any atom is 0.236 e. The van der Waals surface area contributed by atoms with Crippen LogP contribution in [-0.2, 0) is 11.3 Å². The molecular formula is C11H18N2O2. The van der Waals surface area contributed by atoms with E-state index in [9.17, 15) is 4.79 Å². The molecule has 1 aromatic heterocycles. The summed E-state index contributed by atoms with van der Waals surface area (Å²) in [5.41, 5.74) is 0. The minimum atomic E-state index is -0.199. The molecule has 4 nitrogen and oxygen atoms in total. The number of hydrogen-bond acceptors (Lipinski definition) is 3. The topological polar surface area (TPSA) is 54.3 Å². The zero-order chi connectivity index (χ0) is 11.3. The maximum absolute atomic E-state index is 11.4. The van der Waals surface area contributed by atoms with Crippen molar-refractivity contribution >= 4 is 5.91 Å². The summed E-state index contributed by atoms with van der Waals surface area (Å²) in [4.78, 5) is 11.4. The van der Waals surface area contributed by atoms with E-state index in [1.54, 1.807) is 0 Å². The second-order valence-electron chi connectivity index (χ2n) is 3.51. The van der Waals surface area contributed by atoms with E-state index >= 15 is 0 Å². The predicted molar refractivity (Wildman–Crippen MR) is 58.4 cm³/mol. The van der Waals surface area contributed by atoms with Crippen molar-refractivity contribution in [1.82, 2.24) is 10.6 Å². The zero-order valence-electron chi connectivity index (χ0n) is 9.46. The Kier molecular flexibility index (Phi) is 4.37. The maximum atomic E-state index is 11.4. The Bertz CT molecular complexity index is 320. The minimum absolute atomic E-state index is 0.0146. The van der Waals surface area contributed by atoms with Gasteiger partial charge in [-0.25, -0.2) is 0 Å². The highest BCUT2D eigenvalue weighted by molar-refractivity contribution is 5.81. The molecule has 1 unspecified atom stereocenters. The number of rotatable bonds is 5. The van der Waals surface area contributed by atoms with Gasteiger partial charge in [0.2, 0.25) is 5.91 Å². The molecule has 1 atom stereocenters. The zero-order valence-corrected chi connectivity index (χ0v) is 9.46. The Morgan fingerprint density at radius 3 is 2.80 bits per heavy atom. The van der Waals surface area contributed by atoms with E-state index < -0.39 is 0 Å². The summed E-state index contributed by atoms with van der Waals surface area (Å²) in [6.45, 7) is 6.87. The number of amides is 1. The van der Waals surface area contributed by atoms with Crippen molar-refractivity contribution in [3.63, 3.8) is 0 Å². The molecule has 0 bridgehead atoms. The van der Waals surface area contributed by atoms with Crippen LogP contribution in [0.4, 0.5) is 0 Å². The molecule has 1 amide bonds. The molecule has 15 heavy (non-hydrogen) atoms. The van der Waals surface area contributed by atoms with Crippen LogP contribution in [0.25, 0.3) is 0 Å². The van der Waals surface area contributed by atoms with Gasteiger partial charge in [-0.3, -0.25) is 10.1 Å². The fraction of sp³-hybridized carbons (Fsp3) is 0.545. The van der Waals surface area contributed by atoms with Gasteiger partial charge in [0.25, 0.3) is 0 Å². The van der Waals surface area contributed by atoms with E-state index in [0.29, 0.717) is 13.1 Å². The normalized spacial score (nSPS) is 12.5. The third-order valence-electron chi connectivity index (χ3n) is 2.12. The van der Waals surface area contributed by atoms with Gasteiger partial charge in [0.1, 0.15) is 11.5 Å². The lowest BCUT2D eigenvalue weighted by atomic mass is 10.3. The fourth-order valence-electron chi connectivity index (χ4n) is 1.25. The van der Waals surface area contributed by atoms with E-state index in [4.69, 9.17) is 4.42 Å². The number of likely N-dealkylation sites (N-methyl/N-ethyl adjacent to an activating group) is 1. The number of hydrogen-bond donors (Lipinski definition) is 2. The van der Waals surface area contributed by atoms with Gasteiger partial charge in [-0.15, -0.1) is 0 Å². The molecule has 0 saturated heterocycles. The summed E-state index contributed by atoms with van der Waals surface area (Å²) in [5.74, 6) is 1.75. The molecule has 0 fully saturated rings. The van der Waals surface area contributed by atoms with Crippen molar-refractivity contribution in [2.75, 3.05) is 6.54 Å². The molecule has 0 aliphatic heterocycles. The lowest BCUT2D eigenvalue weighted by Gasteiger charge is -2.11. The van der Waals surface area contributed by atoms with Crippen LogP contribution in [0.2, 0.25) is 0 Å². The van der Waals surface area contributed by atoms with E-state index in [1.165, 1.54) is 0 Å². The summed E-state index contributed by atoms with van der Waals surface area (Å²) in [6.07, 6.45) is 0. The number of aryl methyl sites for hydroxylation is 1. The van der Waals surface area contributed by atoms with Gasteiger partial charge in [0.05, 0.1) is 12.6 Å². The van der Waals surface area contributed by atoms with Crippen LogP contribution >= 0.6 is 0 Å². The van der Waals surface area contributed by atoms with Crippen LogP contribution in [0.5, 0.6) is 0 Å². The molecular weight excluding hydrogens is 192 g/mol. The summed E-state index contributed by atoms with van der Waals surface area (Å²) in [6, 6.07) is 3.62. The van der Waals surface area contributed by atoms with Gasteiger partial charge in [-0.2, -0.15) is 0 Å². The Morgan fingerprint density at radius 2 is 2.27 bits per heavy atom. The lowest BCUT2D eigenvalue weighted by Crippen LogP contribution is -2.41. The monoisotopic (exact) mass is 210 g/mol. The van der Waals surface area contributed by atoms with Crippen LogP contribution in [0, 0.1) is 6.92 Å². The smallest absolute Gasteiger partial charge is 0.236 e. The summed E-state index contributed by atoms with van der Waals surface area (Å²) < 4.78 is 5.38. The third kappa shape index (κ3) is 3.75. The number of nitrogens with one attached hydrogen (secondary N) is 2. The van der Waals surface area contributed by atoms with E-state index in [0.717, 1.165) is 11.5 Å². The SMILES string of the molecule is CCNC(=O)C(C)NCc1ccc(C)o1. The highest BCUT2D eigenvalue weighted by atomic mass is 16.3. The van der Waals surface area contributed by atoms with Crippen molar-refractivity contribution < 1.29 is 9.21 Å². The largest absolute Gasteiger partial charge is 0.465 e. The van der Waals surface area contributed by atoms with Gasteiger partial charge < -0.3 is 9.73 Å². The minimum Gasteiger partial charge on any atom is -0.465 e. The van der Waals surface area contributed by atoms with Crippen LogP contribution in [-0.4, -0.2) is 18.5 Å². The molecule has 1 rings (SSSR count). The van der Waals surface area contributed by atoms with Crippen molar-refractivity contribution in [2.45, 2.75) is 33.4 Å². The summed E-state index contributed by atoms with van der Waals surface area (Å²) in [5, 5.41) is 5.85. The first-order valence-corrected chi connectivity index (χ1v) is 5.20. The van der Waals surface area contributed by atoms with Gasteiger partial charge >= 0.3 is 0 Å². The van der Waals surface area contributed by atoms with Crippen molar-refractivity contribution in [3.8, 4) is 0 Å². The van der Waals surface area contributed by atoms with Gasteiger partial charge in [0, 0.05) is 6.54 Å². The quantitative estimate of drug-likeness (QED) is 0.768. The first-order chi connectivity index (χ1) is 7.13. The second kappa shape index (κ2) is 5.56. The van der Waals surface area contributed by atoms with E-state index in [-0.39, 0.29) is 11.9 Å². The Labute approximate surface area is 90.0 Å². The number of carbonyl (C=O) groups is 1. The van der Waals surface area contributed by atoms with Crippen LogP contribution in [0.1, 0.15) is 25.4 Å². The van der Waals surface area contributed by atoms with Crippen LogP contribution < -0.4 is 10.6 Å². The molecule has 4 heteroatoms. The highest BCUT2D eigenvalue weighted by Gasteiger charge is 2.11. The average molecular weight is 210 g/mol. The number of carbonyl (C=O) groups excluding carboxylic acids is 1. The van der Waals surface area contributed by atoms with Gasteiger partial charge in [-0.05, 0) is 32.9 Å². The van der Waals surface area contributed by atoms with E-state index in [2.05, 4.69) is 10.6 Å². The Morgan fingerprint density at radius 1 is 1.53 bits per heavy atom. The summed E-state index contributed by atoms with van der Waals surface area (Å²) >= 11 is 0. The first-order valence-electron chi connectivity index (χ1n) is 5.20. The van der Waals surface area contributed by atoms with Crippen molar-refractivity contribution in [1.29, 1.82) is 0 Å². The molecule has 84 valence electrons. The molecule has 1 aromatic rings. The number of furan rings is 1. The first kappa shape index (κ1) is 11.8. The molecule has 0 spiro atoms. The molecule has 0 aliphatic carbocycles. The van der Waals surface area contributed by atoms with E-state index in [1.807, 2.05) is 32.9 Å². The van der Waals surface area contributed by atoms with Crippen molar-refractivity contribution in [3.05, 3.63) is 23.7 Å². The Hall–Kier alpha value is -1.29. The standard InChI is InChI=1S/C11H18N2O2/c1-4-12-11(14)9(3)13-7-10-6-5-8(2)15-10/h5-6,9,13H,4,7H2,1-3H3,(H,12,14). The second-order valence-corrected chi connectivity index (χ2v) is 3.51. The lowest BCUT2D eigenvalue weighted by molar-refractivity contribution is -0.122. The molecule has 0 aliphatic rings. The van der Waals surface area contributed by atoms with Crippen molar-refractivity contribution in [2.24, 2.45) is 0 Å². The van der Waals surface area contributed by atoms with Gasteiger partial charge in [-0.1, -0.05) is 0 Å². The predicted octanol–water partition coefficient (Wildman–Crippen LogP) is 1.20. The molecule has 0 aromatic carbocycles. The summed E-state index contributed by atoms with van der Waals surface area (Å²) in [7, 11) is 0. The molecule has 1 heterocycles. The fourth-order valence-corrected chi connectivity index (χ4v) is 1.25. The molecule has 2 N–H and O–H groups in total. The van der Waals surface area contributed by atoms with Gasteiger partial charge in [0.15, 0.2) is 0 Å². The highest BCUT2D eigenvalue weighted by Crippen LogP contribution is 2.05. The average Bonchev–Trinajstić information content (AvgIpc) is 2.61. The third-order valence-corrected chi connectivity index (χ3v) is 2.12. The molecule has 0 radical (unpaired) electrons. The molecule has 0 saturated carbocycles.